The van der Waals surface area contributed by atoms with E-state index in [0.717, 1.165) is 22.5 Å². The highest BCUT2D eigenvalue weighted by molar-refractivity contribution is 7.92. The lowest BCUT2D eigenvalue weighted by Crippen LogP contribution is -2.12. The topological polar surface area (TPSA) is 88.4 Å². The fraction of sp³-hybridized carbons (Fsp3) is 0.0435. The van der Waals surface area contributed by atoms with Crippen molar-refractivity contribution in [1.82, 2.24) is 14.4 Å². The molecule has 0 aliphatic heterocycles. The fourth-order valence-electron chi connectivity index (χ4n) is 3.32. The third-order valence-corrected chi connectivity index (χ3v) is 7.06. The Morgan fingerprint density at radius 3 is 2.41 bits per heavy atom. The Labute approximate surface area is 189 Å². The van der Waals surface area contributed by atoms with E-state index in [0.29, 0.717) is 17.2 Å². The molecule has 0 spiro atoms. The molecule has 0 amide bonds. The van der Waals surface area contributed by atoms with Gasteiger partial charge < -0.3 is 5.32 Å². The molecule has 3 aromatic heterocycles. The second-order valence-corrected chi connectivity index (χ2v) is 9.71. The van der Waals surface area contributed by atoms with Gasteiger partial charge in [-0.05, 0) is 54.8 Å². The van der Waals surface area contributed by atoms with E-state index in [4.69, 9.17) is 0 Å². The SMILES string of the molecule is Cc1ccc(S(=O)(=O)Nc2ccc(Nc3nccn4c(-c5ccsc5)cnc34)cc2)cc1. The van der Waals surface area contributed by atoms with Gasteiger partial charge in [0.25, 0.3) is 10.0 Å². The Morgan fingerprint density at radius 1 is 0.938 bits per heavy atom. The van der Waals surface area contributed by atoms with Gasteiger partial charge in [0.15, 0.2) is 11.5 Å². The first-order valence-corrected chi connectivity index (χ1v) is 12.2. The Morgan fingerprint density at radius 2 is 1.69 bits per heavy atom. The molecule has 5 rings (SSSR count). The van der Waals surface area contributed by atoms with Crippen LogP contribution in [0.1, 0.15) is 5.56 Å². The van der Waals surface area contributed by atoms with Crippen molar-refractivity contribution < 1.29 is 8.42 Å². The number of nitrogens with zero attached hydrogens (tertiary/aromatic N) is 3. The molecule has 7 nitrogen and oxygen atoms in total. The zero-order valence-corrected chi connectivity index (χ0v) is 18.7. The van der Waals surface area contributed by atoms with Crippen molar-refractivity contribution in [1.29, 1.82) is 0 Å². The predicted octanol–water partition coefficient (Wildman–Crippen LogP) is 5.31. The Balaban J connectivity index is 1.36. The average molecular weight is 462 g/mol. The number of anilines is 3. The van der Waals surface area contributed by atoms with Crippen molar-refractivity contribution in [3.8, 4) is 11.3 Å². The van der Waals surface area contributed by atoms with Gasteiger partial charge in [0.05, 0.1) is 16.8 Å². The predicted molar refractivity (Wildman–Crippen MR) is 128 cm³/mol. The van der Waals surface area contributed by atoms with Crippen molar-refractivity contribution >= 4 is 44.2 Å². The molecule has 0 unspecified atom stereocenters. The Bertz CT molecular complexity index is 1470. The molecule has 160 valence electrons. The van der Waals surface area contributed by atoms with Crippen molar-refractivity contribution in [2.75, 3.05) is 10.0 Å². The molecule has 2 N–H and O–H groups in total. The van der Waals surface area contributed by atoms with Crippen LogP contribution in [0.5, 0.6) is 0 Å². The third kappa shape index (κ3) is 3.95. The molecule has 0 radical (unpaired) electrons. The summed E-state index contributed by atoms with van der Waals surface area (Å²) in [4.78, 5) is 9.17. The summed E-state index contributed by atoms with van der Waals surface area (Å²) in [5.74, 6) is 0.613. The van der Waals surface area contributed by atoms with Crippen molar-refractivity contribution in [3.05, 3.63) is 89.5 Å². The highest BCUT2D eigenvalue weighted by Crippen LogP contribution is 2.27. The minimum absolute atomic E-state index is 0.224. The van der Waals surface area contributed by atoms with E-state index in [9.17, 15) is 8.42 Å². The number of thiophene rings is 1. The van der Waals surface area contributed by atoms with Gasteiger partial charge in [-0.25, -0.2) is 18.4 Å². The lowest BCUT2D eigenvalue weighted by atomic mass is 10.2. The van der Waals surface area contributed by atoms with Crippen LogP contribution in [0.25, 0.3) is 16.9 Å². The third-order valence-electron chi connectivity index (χ3n) is 4.98. The van der Waals surface area contributed by atoms with Gasteiger partial charge in [-0.1, -0.05) is 17.7 Å². The normalized spacial score (nSPS) is 11.5. The summed E-state index contributed by atoms with van der Waals surface area (Å²) >= 11 is 1.64. The number of sulfonamides is 1. The molecular weight excluding hydrogens is 442 g/mol. The van der Waals surface area contributed by atoms with Crippen LogP contribution >= 0.6 is 11.3 Å². The smallest absolute Gasteiger partial charge is 0.261 e. The van der Waals surface area contributed by atoms with E-state index in [1.165, 1.54) is 0 Å². The largest absolute Gasteiger partial charge is 0.337 e. The standard InChI is InChI=1S/C23H19N5O2S2/c1-16-2-8-20(9-3-16)32(29,30)27-19-6-4-18(5-7-19)26-22-23-25-14-21(17-10-13-31-15-17)28(23)12-11-24-22/h2-15,27H,1H3,(H,24,26). The van der Waals surface area contributed by atoms with Crippen LogP contribution in [0.3, 0.4) is 0 Å². The van der Waals surface area contributed by atoms with Gasteiger partial charge in [0, 0.05) is 34.7 Å². The maximum Gasteiger partial charge on any atom is 0.261 e. The molecule has 5 aromatic rings. The van der Waals surface area contributed by atoms with Crippen LogP contribution in [0.2, 0.25) is 0 Å². The summed E-state index contributed by atoms with van der Waals surface area (Å²) in [5, 5.41) is 7.37. The van der Waals surface area contributed by atoms with E-state index in [1.54, 1.807) is 66.1 Å². The van der Waals surface area contributed by atoms with E-state index in [1.807, 2.05) is 29.1 Å². The highest BCUT2D eigenvalue weighted by atomic mass is 32.2. The number of hydrogen-bond acceptors (Lipinski definition) is 6. The van der Waals surface area contributed by atoms with Crippen LogP contribution in [0.4, 0.5) is 17.2 Å². The number of nitrogens with one attached hydrogen (secondary N) is 2. The fourth-order valence-corrected chi connectivity index (χ4v) is 5.03. The molecule has 3 heterocycles. The lowest BCUT2D eigenvalue weighted by molar-refractivity contribution is 0.601. The Hall–Kier alpha value is -3.69. The van der Waals surface area contributed by atoms with Crippen molar-refractivity contribution in [2.24, 2.45) is 0 Å². The number of rotatable bonds is 6. The van der Waals surface area contributed by atoms with Crippen LogP contribution in [0, 0.1) is 6.92 Å². The van der Waals surface area contributed by atoms with Crippen molar-refractivity contribution in [2.45, 2.75) is 11.8 Å². The molecule has 9 heteroatoms. The first-order chi connectivity index (χ1) is 15.5. The quantitative estimate of drug-likeness (QED) is 0.358. The molecule has 2 aromatic carbocycles. The van der Waals surface area contributed by atoms with Gasteiger partial charge in [0.1, 0.15) is 0 Å². The maximum atomic E-state index is 12.6. The summed E-state index contributed by atoms with van der Waals surface area (Å²) in [7, 11) is -3.64. The first kappa shape index (κ1) is 20.2. The molecule has 0 saturated carbocycles. The van der Waals surface area contributed by atoms with Crippen LogP contribution in [-0.4, -0.2) is 22.8 Å². The first-order valence-electron chi connectivity index (χ1n) is 9.81. The van der Waals surface area contributed by atoms with Crippen LogP contribution in [-0.2, 0) is 10.0 Å². The highest BCUT2D eigenvalue weighted by Gasteiger charge is 2.14. The van der Waals surface area contributed by atoms with E-state index < -0.39 is 10.0 Å². The number of imidazole rings is 1. The molecule has 0 aliphatic rings. The summed E-state index contributed by atoms with van der Waals surface area (Å²) in [6.07, 6.45) is 5.42. The molecular formula is C23H19N5O2S2. The number of hydrogen-bond donors (Lipinski definition) is 2. The zero-order valence-electron chi connectivity index (χ0n) is 17.1. The minimum atomic E-state index is -3.64. The van der Waals surface area contributed by atoms with Crippen molar-refractivity contribution in [3.63, 3.8) is 0 Å². The molecule has 0 aliphatic carbocycles. The second kappa shape index (κ2) is 8.10. The molecule has 32 heavy (non-hydrogen) atoms. The van der Waals surface area contributed by atoms with E-state index in [-0.39, 0.29) is 4.90 Å². The van der Waals surface area contributed by atoms with Gasteiger partial charge in [-0.15, -0.1) is 0 Å². The number of fused-ring (bicyclic) bond motifs is 1. The summed E-state index contributed by atoms with van der Waals surface area (Å²) < 4.78 is 29.8. The minimum Gasteiger partial charge on any atom is -0.337 e. The number of aromatic nitrogens is 3. The number of benzene rings is 2. The summed E-state index contributed by atoms with van der Waals surface area (Å²) in [6.45, 7) is 1.91. The van der Waals surface area contributed by atoms with Gasteiger partial charge in [-0.3, -0.25) is 9.12 Å². The van der Waals surface area contributed by atoms with Gasteiger partial charge >= 0.3 is 0 Å². The molecule has 0 saturated heterocycles. The van der Waals surface area contributed by atoms with Crippen LogP contribution in [0.15, 0.2) is 88.8 Å². The molecule has 0 atom stereocenters. The number of aryl methyl sites for hydroxylation is 1. The average Bonchev–Trinajstić information content (AvgIpc) is 3.45. The monoisotopic (exact) mass is 461 g/mol. The van der Waals surface area contributed by atoms with Gasteiger partial charge in [-0.2, -0.15) is 11.3 Å². The molecule has 0 fully saturated rings. The van der Waals surface area contributed by atoms with Crippen LogP contribution < -0.4 is 10.0 Å². The maximum absolute atomic E-state index is 12.6. The lowest BCUT2D eigenvalue weighted by Gasteiger charge is -2.10. The van der Waals surface area contributed by atoms with Gasteiger partial charge in [0.2, 0.25) is 0 Å². The molecule has 0 bridgehead atoms. The Kier molecular flexibility index (Phi) is 5.12. The second-order valence-electron chi connectivity index (χ2n) is 7.25. The van der Waals surface area contributed by atoms with E-state index in [2.05, 4.69) is 31.5 Å². The summed E-state index contributed by atoms with van der Waals surface area (Å²) in [5.41, 5.74) is 5.05. The van der Waals surface area contributed by atoms with E-state index >= 15 is 0 Å². The summed E-state index contributed by atoms with van der Waals surface area (Å²) in [6, 6.07) is 15.8. The zero-order chi connectivity index (χ0) is 22.1.